The quantitative estimate of drug-likeness (QED) is 0.753. The second kappa shape index (κ2) is 8.11. The molecule has 4 nitrogen and oxygen atoms in total. The van der Waals surface area contributed by atoms with Crippen molar-refractivity contribution in [3.05, 3.63) is 65.2 Å². The van der Waals surface area contributed by atoms with E-state index < -0.39 is 11.9 Å². The van der Waals surface area contributed by atoms with Gasteiger partial charge in [-0.1, -0.05) is 54.6 Å². The lowest BCUT2D eigenvalue weighted by Gasteiger charge is -2.03. The van der Waals surface area contributed by atoms with Crippen molar-refractivity contribution in [2.45, 2.75) is 26.2 Å². The zero-order chi connectivity index (χ0) is 17.5. The molecular formula is C20H20O4. The number of rotatable bonds is 4. The van der Waals surface area contributed by atoms with Crippen molar-refractivity contribution in [2.75, 3.05) is 0 Å². The standard InChI is InChI=1S/C16H14.C4H6O4/c1-2-6-12-8-5-10-15-14-9-4-3-7-13(14)11-16(12)15;5-3(6)1-2-4(7)8/h2-10H,11H2,1H3;1-2H2,(H,5,6)(H,7,8). The van der Waals surface area contributed by atoms with Crippen LogP contribution in [0, 0.1) is 0 Å². The van der Waals surface area contributed by atoms with Gasteiger partial charge in [0, 0.05) is 0 Å². The molecule has 0 heterocycles. The lowest BCUT2D eigenvalue weighted by molar-refractivity contribution is -0.143. The Morgan fingerprint density at radius 3 is 2.21 bits per heavy atom. The number of carbonyl (C=O) groups is 2. The molecule has 0 amide bonds. The molecule has 3 rings (SSSR count). The molecule has 2 N–H and O–H groups in total. The molecular weight excluding hydrogens is 304 g/mol. The van der Waals surface area contributed by atoms with E-state index in [2.05, 4.69) is 61.5 Å². The highest BCUT2D eigenvalue weighted by molar-refractivity contribution is 5.80. The Kier molecular flexibility index (Phi) is 5.90. The third-order valence-corrected chi connectivity index (χ3v) is 3.79. The zero-order valence-corrected chi connectivity index (χ0v) is 13.5. The lowest BCUT2D eigenvalue weighted by Crippen LogP contribution is -2.00. The van der Waals surface area contributed by atoms with Gasteiger partial charge in [0.2, 0.25) is 0 Å². The summed E-state index contributed by atoms with van der Waals surface area (Å²) in [6.07, 6.45) is 4.79. The van der Waals surface area contributed by atoms with Crippen LogP contribution in [0.2, 0.25) is 0 Å². The predicted molar refractivity (Wildman–Crippen MR) is 93.9 cm³/mol. The van der Waals surface area contributed by atoms with Crippen LogP contribution in [0.4, 0.5) is 0 Å². The molecule has 0 unspecified atom stereocenters. The maximum absolute atomic E-state index is 9.64. The second-order valence-electron chi connectivity index (χ2n) is 5.49. The molecule has 0 aromatic heterocycles. The fraction of sp³-hybridized carbons (Fsp3) is 0.200. The first-order valence-corrected chi connectivity index (χ1v) is 7.79. The summed E-state index contributed by atoms with van der Waals surface area (Å²) in [6, 6.07) is 15.3. The first-order chi connectivity index (χ1) is 11.5. The highest BCUT2D eigenvalue weighted by Crippen LogP contribution is 2.38. The molecule has 0 aliphatic heterocycles. The van der Waals surface area contributed by atoms with E-state index in [9.17, 15) is 9.59 Å². The largest absolute Gasteiger partial charge is 0.481 e. The van der Waals surface area contributed by atoms with Crippen LogP contribution in [-0.2, 0) is 16.0 Å². The summed E-state index contributed by atoms with van der Waals surface area (Å²) in [5.74, 6) is -2.15. The molecule has 4 heteroatoms. The number of aliphatic carboxylic acids is 2. The van der Waals surface area contributed by atoms with Gasteiger partial charge in [-0.25, -0.2) is 0 Å². The number of hydrogen-bond donors (Lipinski definition) is 2. The normalized spacial score (nSPS) is 11.4. The highest BCUT2D eigenvalue weighted by Gasteiger charge is 2.18. The van der Waals surface area contributed by atoms with Gasteiger partial charge >= 0.3 is 11.9 Å². The molecule has 0 bridgehead atoms. The fourth-order valence-corrected chi connectivity index (χ4v) is 2.73. The van der Waals surface area contributed by atoms with E-state index in [4.69, 9.17) is 10.2 Å². The van der Waals surface area contributed by atoms with Gasteiger partial charge in [-0.3, -0.25) is 9.59 Å². The van der Waals surface area contributed by atoms with Crippen LogP contribution >= 0.6 is 0 Å². The van der Waals surface area contributed by atoms with Gasteiger partial charge in [0.15, 0.2) is 0 Å². The van der Waals surface area contributed by atoms with Gasteiger partial charge < -0.3 is 10.2 Å². The molecule has 0 radical (unpaired) electrons. The summed E-state index contributed by atoms with van der Waals surface area (Å²) in [6.45, 7) is 2.07. The summed E-state index contributed by atoms with van der Waals surface area (Å²) in [5, 5.41) is 15.8. The molecule has 1 aliphatic rings. The lowest BCUT2D eigenvalue weighted by atomic mass is 10.0. The van der Waals surface area contributed by atoms with E-state index in [0.717, 1.165) is 6.42 Å². The third kappa shape index (κ3) is 4.32. The minimum absolute atomic E-state index is 0.296. The van der Waals surface area contributed by atoms with Crippen LogP contribution < -0.4 is 0 Å². The van der Waals surface area contributed by atoms with Crippen molar-refractivity contribution in [1.29, 1.82) is 0 Å². The maximum atomic E-state index is 9.64. The van der Waals surface area contributed by atoms with Crippen LogP contribution in [0.1, 0.15) is 36.5 Å². The van der Waals surface area contributed by atoms with Gasteiger partial charge in [-0.05, 0) is 41.2 Å². The molecule has 2 aromatic carbocycles. The first-order valence-electron chi connectivity index (χ1n) is 7.79. The molecule has 0 spiro atoms. The molecule has 0 atom stereocenters. The molecule has 0 saturated carbocycles. The Bertz CT molecular complexity index is 761. The number of hydrogen-bond acceptors (Lipinski definition) is 2. The minimum atomic E-state index is -1.08. The molecule has 24 heavy (non-hydrogen) atoms. The van der Waals surface area contributed by atoms with Gasteiger partial charge in [-0.2, -0.15) is 0 Å². The molecule has 124 valence electrons. The van der Waals surface area contributed by atoms with E-state index in [-0.39, 0.29) is 12.8 Å². The molecule has 0 fully saturated rings. The summed E-state index contributed by atoms with van der Waals surface area (Å²) >= 11 is 0. The highest BCUT2D eigenvalue weighted by atomic mass is 16.4. The Hall–Kier alpha value is -2.88. The average Bonchev–Trinajstić information content (AvgIpc) is 2.94. The average molecular weight is 324 g/mol. The number of benzene rings is 2. The van der Waals surface area contributed by atoms with E-state index in [1.165, 1.54) is 27.8 Å². The monoisotopic (exact) mass is 324 g/mol. The summed E-state index contributed by atoms with van der Waals surface area (Å²) in [4.78, 5) is 19.3. The Morgan fingerprint density at radius 2 is 1.58 bits per heavy atom. The van der Waals surface area contributed by atoms with Crippen molar-refractivity contribution in [2.24, 2.45) is 0 Å². The molecule has 2 aromatic rings. The topological polar surface area (TPSA) is 74.6 Å². The van der Waals surface area contributed by atoms with Crippen molar-refractivity contribution in [3.8, 4) is 11.1 Å². The Labute approximate surface area is 141 Å². The van der Waals surface area contributed by atoms with Crippen LogP contribution in [-0.4, -0.2) is 22.2 Å². The van der Waals surface area contributed by atoms with Crippen molar-refractivity contribution in [1.82, 2.24) is 0 Å². The Morgan fingerprint density at radius 1 is 0.958 bits per heavy atom. The van der Waals surface area contributed by atoms with Gasteiger partial charge in [0.1, 0.15) is 0 Å². The molecule has 0 saturated heterocycles. The van der Waals surface area contributed by atoms with Crippen molar-refractivity contribution in [3.63, 3.8) is 0 Å². The summed E-state index contributed by atoms with van der Waals surface area (Å²) in [5.41, 5.74) is 7.10. The van der Waals surface area contributed by atoms with Crippen LogP contribution in [0.25, 0.3) is 17.2 Å². The van der Waals surface area contributed by atoms with E-state index in [1.807, 2.05) is 0 Å². The van der Waals surface area contributed by atoms with Crippen molar-refractivity contribution < 1.29 is 19.8 Å². The van der Waals surface area contributed by atoms with E-state index in [0.29, 0.717) is 0 Å². The van der Waals surface area contributed by atoms with Crippen molar-refractivity contribution >= 4 is 18.0 Å². The smallest absolute Gasteiger partial charge is 0.303 e. The Balaban J connectivity index is 0.000000224. The zero-order valence-electron chi connectivity index (χ0n) is 13.5. The number of carboxylic acids is 2. The van der Waals surface area contributed by atoms with Gasteiger partial charge in [-0.15, -0.1) is 0 Å². The first kappa shape index (κ1) is 17.5. The summed E-state index contributed by atoms with van der Waals surface area (Å²) < 4.78 is 0. The number of fused-ring (bicyclic) bond motifs is 3. The van der Waals surface area contributed by atoms with Gasteiger partial charge in [0.25, 0.3) is 0 Å². The predicted octanol–water partition coefficient (Wildman–Crippen LogP) is 4.23. The SMILES string of the molecule is CC=Cc1cccc2c1Cc1ccccc1-2.O=C(O)CCC(=O)O. The number of carboxylic acid groups (broad SMARTS) is 2. The number of allylic oxidation sites excluding steroid dienone is 1. The fourth-order valence-electron chi connectivity index (χ4n) is 2.73. The van der Waals surface area contributed by atoms with Crippen LogP contribution in [0.15, 0.2) is 48.5 Å². The van der Waals surface area contributed by atoms with Crippen LogP contribution in [0.3, 0.4) is 0 Å². The maximum Gasteiger partial charge on any atom is 0.303 e. The summed E-state index contributed by atoms with van der Waals surface area (Å²) in [7, 11) is 0. The van der Waals surface area contributed by atoms with E-state index >= 15 is 0 Å². The van der Waals surface area contributed by atoms with Gasteiger partial charge in [0.05, 0.1) is 12.8 Å². The third-order valence-electron chi connectivity index (χ3n) is 3.79. The van der Waals surface area contributed by atoms with Crippen LogP contribution in [0.5, 0.6) is 0 Å². The second-order valence-corrected chi connectivity index (χ2v) is 5.49. The minimum Gasteiger partial charge on any atom is -0.481 e. The van der Waals surface area contributed by atoms with E-state index in [1.54, 1.807) is 0 Å². The molecule has 1 aliphatic carbocycles.